The molecule has 0 unspecified atom stereocenters. The number of hydrogen-bond donors (Lipinski definition) is 1. The molecule has 0 bridgehead atoms. The number of aryl methyl sites for hydroxylation is 1. The Morgan fingerprint density at radius 3 is 2.59 bits per heavy atom. The maximum Gasteiger partial charge on any atom is 0.237 e. The lowest BCUT2D eigenvalue weighted by atomic mass is 10.0. The van der Waals surface area contributed by atoms with Crippen LogP contribution in [0.15, 0.2) is 53.4 Å². The van der Waals surface area contributed by atoms with Crippen molar-refractivity contribution in [2.24, 2.45) is 0 Å². The minimum Gasteiger partial charge on any atom is -0.274 e. The quantitative estimate of drug-likeness (QED) is 0.456. The van der Waals surface area contributed by atoms with Gasteiger partial charge < -0.3 is 0 Å². The van der Waals surface area contributed by atoms with Crippen molar-refractivity contribution in [3.63, 3.8) is 0 Å². The van der Waals surface area contributed by atoms with Crippen LogP contribution in [0.1, 0.15) is 28.9 Å². The van der Waals surface area contributed by atoms with Gasteiger partial charge >= 0.3 is 0 Å². The summed E-state index contributed by atoms with van der Waals surface area (Å²) < 4.78 is 25.7. The van der Waals surface area contributed by atoms with E-state index in [0.29, 0.717) is 41.5 Å². The van der Waals surface area contributed by atoms with Gasteiger partial charge in [0.05, 0.1) is 23.6 Å². The average Bonchev–Trinajstić information content (AvgIpc) is 2.74. The lowest BCUT2D eigenvalue weighted by Crippen LogP contribution is -2.21. The highest BCUT2D eigenvalue weighted by Crippen LogP contribution is 2.31. The van der Waals surface area contributed by atoms with Gasteiger partial charge in [0.15, 0.2) is 21.9 Å². The Labute approximate surface area is 191 Å². The standard InChI is InChI=1S/C23H19ClN4O3S/c24-18-4-1-3-17(13-18)23-27-19-5-2-10-32(30,31)22(19)20(28-23)11-15-6-8-16(9-7-15)12-21(29)26-14-25/h1,3-4,6-9,13H,2,5,10-12H2,(H,26,29). The lowest BCUT2D eigenvalue weighted by molar-refractivity contribution is -0.119. The molecule has 7 nitrogen and oxygen atoms in total. The van der Waals surface area contributed by atoms with Crippen LogP contribution >= 0.6 is 11.6 Å². The molecule has 0 saturated carbocycles. The van der Waals surface area contributed by atoms with E-state index >= 15 is 0 Å². The second kappa shape index (κ2) is 9.07. The predicted molar refractivity (Wildman–Crippen MR) is 120 cm³/mol. The van der Waals surface area contributed by atoms with E-state index < -0.39 is 9.84 Å². The van der Waals surface area contributed by atoms with Crippen LogP contribution < -0.4 is 5.32 Å². The van der Waals surface area contributed by atoms with Crippen molar-refractivity contribution >= 4 is 27.3 Å². The highest BCUT2D eigenvalue weighted by atomic mass is 35.5. The van der Waals surface area contributed by atoms with Crippen LogP contribution in [0.3, 0.4) is 0 Å². The maximum absolute atomic E-state index is 12.9. The number of hydrogen-bond acceptors (Lipinski definition) is 6. The van der Waals surface area contributed by atoms with Gasteiger partial charge in [-0.3, -0.25) is 10.1 Å². The monoisotopic (exact) mass is 466 g/mol. The van der Waals surface area contributed by atoms with Crippen molar-refractivity contribution in [1.82, 2.24) is 15.3 Å². The van der Waals surface area contributed by atoms with Crippen LogP contribution in [0, 0.1) is 11.5 Å². The molecule has 162 valence electrons. The second-order valence-corrected chi connectivity index (χ2v) is 10.0. The van der Waals surface area contributed by atoms with Crippen molar-refractivity contribution in [2.45, 2.75) is 30.6 Å². The molecule has 1 amide bonds. The number of nitriles is 1. The average molecular weight is 467 g/mol. The molecule has 0 spiro atoms. The van der Waals surface area contributed by atoms with Crippen LogP contribution in [0.25, 0.3) is 11.4 Å². The Bertz CT molecular complexity index is 1330. The van der Waals surface area contributed by atoms with Gasteiger partial charge in [-0.15, -0.1) is 0 Å². The van der Waals surface area contributed by atoms with E-state index in [-0.39, 0.29) is 23.0 Å². The van der Waals surface area contributed by atoms with Gasteiger partial charge in [0.2, 0.25) is 5.91 Å². The van der Waals surface area contributed by atoms with Gasteiger partial charge in [-0.25, -0.2) is 18.4 Å². The molecule has 0 fully saturated rings. The Morgan fingerprint density at radius 2 is 1.88 bits per heavy atom. The zero-order chi connectivity index (χ0) is 22.7. The molecule has 0 saturated heterocycles. The van der Waals surface area contributed by atoms with E-state index in [1.54, 1.807) is 36.5 Å². The van der Waals surface area contributed by atoms with Gasteiger partial charge in [-0.05, 0) is 36.1 Å². The number of halogens is 1. The van der Waals surface area contributed by atoms with E-state index in [9.17, 15) is 13.2 Å². The number of nitrogens with zero attached hydrogens (tertiary/aromatic N) is 3. The molecule has 1 aromatic heterocycles. The van der Waals surface area contributed by atoms with E-state index in [2.05, 4.69) is 15.3 Å². The van der Waals surface area contributed by atoms with Crippen molar-refractivity contribution in [3.8, 4) is 17.6 Å². The first-order valence-corrected chi connectivity index (χ1v) is 12.0. The van der Waals surface area contributed by atoms with Crippen molar-refractivity contribution in [3.05, 3.63) is 76.1 Å². The molecule has 32 heavy (non-hydrogen) atoms. The van der Waals surface area contributed by atoms with Gasteiger partial charge in [-0.2, -0.15) is 5.26 Å². The fourth-order valence-corrected chi connectivity index (χ4v) is 5.65. The molecular weight excluding hydrogens is 448 g/mol. The summed E-state index contributed by atoms with van der Waals surface area (Å²) in [5, 5.41) is 11.2. The molecule has 2 heterocycles. The van der Waals surface area contributed by atoms with Gasteiger partial charge in [-0.1, -0.05) is 48.0 Å². The van der Waals surface area contributed by atoms with Crippen molar-refractivity contribution < 1.29 is 13.2 Å². The summed E-state index contributed by atoms with van der Waals surface area (Å²) >= 11 is 6.13. The zero-order valence-corrected chi connectivity index (χ0v) is 18.6. The molecule has 1 aliphatic heterocycles. The molecule has 1 aliphatic rings. The summed E-state index contributed by atoms with van der Waals surface area (Å²) in [6.07, 6.45) is 3.11. The Hall–Kier alpha value is -3.28. The Morgan fingerprint density at radius 1 is 1.12 bits per heavy atom. The van der Waals surface area contributed by atoms with Crippen molar-refractivity contribution in [2.75, 3.05) is 5.75 Å². The second-order valence-electron chi connectivity index (χ2n) is 7.53. The van der Waals surface area contributed by atoms with E-state index in [1.807, 2.05) is 18.2 Å². The highest BCUT2D eigenvalue weighted by Gasteiger charge is 2.30. The third-order valence-corrected chi connectivity index (χ3v) is 7.34. The van der Waals surface area contributed by atoms with Gasteiger partial charge in [0, 0.05) is 17.0 Å². The minimum absolute atomic E-state index is 0.0831. The van der Waals surface area contributed by atoms with Crippen LogP contribution in [0.2, 0.25) is 5.02 Å². The summed E-state index contributed by atoms with van der Waals surface area (Å²) in [6, 6.07) is 14.4. The molecular formula is C23H19ClN4O3S. The van der Waals surface area contributed by atoms with Crippen LogP contribution in [0.4, 0.5) is 0 Å². The Balaban J connectivity index is 1.72. The van der Waals surface area contributed by atoms with Gasteiger partial charge in [0.25, 0.3) is 0 Å². The Kier molecular flexibility index (Phi) is 6.21. The maximum atomic E-state index is 12.9. The fourth-order valence-electron chi connectivity index (χ4n) is 3.75. The molecule has 2 aromatic carbocycles. The number of nitrogens with one attached hydrogen (secondary N) is 1. The first kappa shape index (κ1) is 21.9. The molecule has 3 aromatic rings. The van der Waals surface area contributed by atoms with E-state index in [4.69, 9.17) is 16.9 Å². The normalized spacial score (nSPS) is 14.2. The predicted octanol–water partition coefficient (Wildman–Crippen LogP) is 3.25. The number of amides is 1. The molecule has 4 rings (SSSR count). The first-order chi connectivity index (χ1) is 15.4. The summed E-state index contributed by atoms with van der Waals surface area (Å²) in [5.74, 6) is 0.144. The number of carbonyl (C=O) groups is 1. The molecule has 9 heteroatoms. The van der Waals surface area contributed by atoms with Gasteiger partial charge in [0.1, 0.15) is 4.90 Å². The summed E-state index contributed by atoms with van der Waals surface area (Å²) in [5.41, 5.74) is 3.33. The first-order valence-electron chi connectivity index (χ1n) is 10.00. The topological polar surface area (TPSA) is 113 Å². The number of aromatic nitrogens is 2. The summed E-state index contributed by atoms with van der Waals surface area (Å²) in [4.78, 5) is 21.0. The number of rotatable bonds is 5. The molecule has 1 N–H and O–H groups in total. The largest absolute Gasteiger partial charge is 0.274 e. The van der Waals surface area contributed by atoms with E-state index in [1.165, 1.54) is 0 Å². The minimum atomic E-state index is -3.46. The summed E-state index contributed by atoms with van der Waals surface area (Å²) in [6.45, 7) is 0. The zero-order valence-electron chi connectivity index (χ0n) is 17.0. The number of sulfone groups is 1. The van der Waals surface area contributed by atoms with Crippen LogP contribution in [-0.2, 0) is 33.9 Å². The smallest absolute Gasteiger partial charge is 0.237 e. The third-order valence-electron chi connectivity index (χ3n) is 5.18. The van der Waals surface area contributed by atoms with Crippen LogP contribution in [0.5, 0.6) is 0 Å². The van der Waals surface area contributed by atoms with Crippen LogP contribution in [-0.4, -0.2) is 30.0 Å². The summed E-state index contributed by atoms with van der Waals surface area (Å²) in [7, 11) is -3.46. The molecule has 0 atom stereocenters. The highest BCUT2D eigenvalue weighted by molar-refractivity contribution is 7.91. The van der Waals surface area contributed by atoms with Crippen molar-refractivity contribution in [1.29, 1.82) is 5.26 Å². The fraction of sp³-hybridized carbons (Fsp3) is 0.217. The van der Waals surface area contributed by atoms with E-state index in [0.717, 1.165) is 16.7 Å². The SMILES string of the molecule is N#CNC(=O)Cc1ccc(Cc2nc(-c3cccc(Cl)c3)nc3c2S(=O)(=O)CCC3)cc1. The molecule has 0 radical (unpaired) electrons. The molecule has 0 aliphatic carbocycles. The number of fused-ring (bicyclic) bond motifs is 1. The lowest BCUT2D eigenvalue weighted by Gasteiger charge is -2.19. The number of benzene rings is 2. The third kappa shape index (κ3) is 4.79. The number of carbonyl (C=O) groups excluding carboxylic acids is 1.